The summed E-state index contributed by atoms with van der Waals surface area (Å²) in [5, 5.41) is 12.1. The van der Waals surface area contributed by atoms with Gasteiger partial charge in [0.15, 0.2) is 0 Å². The number of nitriles is 1. The molecule has 0 aromatic heterocycles. The average Bonchev–Trinajstić information content (AvgIpc) is 2.59. The quantitative estimate of drug-likeness (QED) is 0.704. The van der Waals surface area contributed by atoms with E-state index < -0.39 is 0 Å². The van der Waals surface area contributed by atoms with Gasteiger partial charge in [0, 0.05) is 32.1 Å². The number of nitrogens with one attached hydrogen (secondary N) is 1. The monoisotopic (exact) mass is 329 g/mol. The molecule has 1 aliphatic heterocycles. The van der Waals surface area contributed by atoms with Crippen molar-refractivity contribution in [3.8, 4) is 11.8 Å². The van der Waals surface area contributed by atoms with Crippen LogP contribution in [0.3, 0.4) is 0 Å². The molecule has 1 aromatic rings. The highest BCUT2D eigenvalue weighted by molar-refractivity contribution is 5.28. The zero-order valence-corrected chi connectivity index (χ0v) is 15.1. The van der Waals surface area contributed by atoms with Crippen LogP contribution in [-0.2, 0) is 6.54 Å². The minimum absolute atomic E-state index is 0.550. The molecule has 0 aliphatic carbocycles. The SMILES string of the molecule is CC1CCCN(C(C)CNCc2cccc(OCCCC#N)c2)C1. The second-order valence-corrected chi connectivity index (χ2v) is 6.98. The summed E-state index contributed by atoms with van der Waals surface area (Å²) in [5.41, 5.74) is 1.24. The van der Waals surface area contributed by atoms with Gasteiger partial charge in [-0.15, -0.1) is 0 Å². The first-order chi connectivity index (χ1) is 11.7. The predicted octanol–water partition coefficient (Wildman–Crippen LogP) is 3.58. The molecule has 1 N–H and O–H groups in total. The Labute approximate surface area is 146 Å². The van der Waals surface area contributed by atoms with E-state index in [1.54, 1.807) is 0 Å². The van der Waals surface area contributed by atoms with Crippen molar-refractivity contribution < 1.29 is 4.74 Å². The fraction of sp³-hybridized carbons (Fsp3) is 0.650. The van der Waals surface area contributed by atoms with Crippen LogP contribution < -0.4 is 10.1 Å². The Morgan fingerprint density at radius 3 is 3.12 bits per heavy atom. The number of hydrogen-bond donors (Lipinski definition) is 1. The molecule has 2 unspecified atom stereocenters. The van der Waals surface area contributed by atoms with Crippen molar-refractivity contribution >= 4 is 0 Å². The normalized spacial score (nSPS) is 19.6. The molecule has 0 saturated carbocycles. The van der Waals surface area contributed by atoms with E-state index in [2.05, 4.69) is 42.3 Å². The minimum atomic E-state index is 0.550. The van der Waals surface area contributed by atoms with Crippen molar-refractivity contribution in [2.24, 2.45) is 5.92 Å². The van der Waals surface area contributed by atoms with Crippen molar-refractivity contribution in [1.82, 2.24) is 10.2 Å². The second-order valence-electron chi connectivity index (χ2n) is 6.98. The lowest BCUT2D eigenvalue weighted by Gasteiger charge is -2.35. The third-order valence-corrected chi connectivity index (χ3v) is 4.68. The van der Waals surface area contributed by atoms with Gasteiger partial charge in [0.25, 0.3) is 0 Å². The van der Waals surface area contributed by atoms with Crippen molar-refractivity contribution in [2.75, 3.05) is 26.2 Å². The molecule has 4 nitrogen and oxygen atoms in total. The zero-order chi connectivity index (χ0) is 17.2. The van der Waals surface area contributed by atoms with Crippen molar-refractivity contribution in [2.45, 2.75) is 52.1 Å². The van der Waals surface area contributed by atoms with Crippen LogP contribution in [0.15, 0.2) is 24.3 Å². The number of benzene rings is 1. The van der Waals surface area contributed by atoms with E-state index in [-0.39, 0.29) is 0 Å². The maximum Gasteiger partial charge on any atom is 0.119 e. The Kier molecular flexibility index (Phi) is 8.07. The van der Waals surface area contributed by atoms with Gasteiger partial charge < -0.3 is 10.1 Å². The lowest BCUT2D eigenvalue weighted by atomic mass is 9.99. The summed E-state index contributed by atoms with van der Waals surface area (Å²) >= 11 is 0. The fourth-order valence-corrected chi connectivity index (χ4v) is 3.27. The topological polar surface area (TPSA) is 48.3 Å². The standard InChI is InChI=1S/C20H31N3O/c1-17-7-6-11-23(16-17)18(2)14-22-15-19-8-5-9-20(13-19)24-12-4-3-10-21/h5,8-9,13,17-18,22H,3-4,6-7,11-12,14-16H2,1-2H3. The van der Waals surface area contributed by atoms with Gasteiger partial charge in [0.1, 0.15) is 5.75 Å². The van der Waals surface area contributed by atoms with Crippen LogP contribution in [0.4, 0.5) is 0 Å². The molecule has 24 heavy (non-hydrogen) atoms. The van der Waals surface area contributed by atoms with Crippen LogP contribution in [0, 0.1) is 17.2 Å². The van der Waals surface area contributed by atoms with Crippen LogP contribution in [0.2, 0.25) is 0 Å². The summed E-state index contributed by atoms with van der Waals surface area (Å²) in [6.07, 6.45) is 4.04. The second kappa shape index (κ2) is 10.3. The number of nitrogens with zero attached hydrogens (tertiary/aromatic N) is 2. The molecular formula is C20H31N3O. The predicted molar refractivity (Wildman–Crippen MR) is 97.9 cm³/mol. The van der Waals surface area contributed by atoms with Crippen molar-refractivity contribution in [3.05, 3.63) is 29.8 Å². The Morgan fingerprint density at radius 1 is 1.46 bits per heavy atom. The lowest BCUT2D eigenvalue weighted by Crippen LogP contribution is -2.45. The largest absolute Gasteiger partial charge is 0.494 e. The minimum Gasteiger partial charge on any atom is -0.494 e. The summed E-state index contributed by atoms with van der Waals surface area (Å²) in [7, 11) is 0. The van der Waals surface area contributed by atoms with Crippen molar-refractivity contribution in [1.29, 1.82) is 5.26 Å². The van der Waals surface area contributed by atoms with Crippen molar-refractivity contribution in [3.63, 3.8) is 0 Å². The van der Waals surface area contributed by atoms with E-state index in [0.29, 0.717) is 19.1 Å². The third kappa shape index (κ3) is 6.51. The molecular weight excluding hydrogens is 298 g/mol. The Hall–Kier alpha value is -1.57. The highest BCUT2D eigenvalue weighted by Crippen LogP contribution is 2.17. The molecule has 0 spiro atoms. The first-order valence-electron chi connectivity index (χ1n) is 9.22. The molecule has 1 aromatic carbocycles. The smallest absolute Gasteiger partial charge is 0.119 e. The molecule has 2 rings (SSSR count). The van der Waals surface area contributed by atoms with Crippen LogP contribution in [0.5, 0.6) is 5.75 Å². The summed E-state index contributed by atoms with van der Waals surface area (Å²) in [6.45, 7) is 9.62. The maximum atomic E-state index is 8.54. The van der Waals surface area contributed by atoms with Gasteiger partial charge in [-0.3, -0.25) is 4.90 Å². The molecule has 1 heterocycles. The zero-order valence-electron chi connectivity index (χ0n) is 15.1. The van der Waals surface area contributed by atoms with E-state index >= 15 is 0 Å². The van der Waals surface area contributed by atoms with Crippen LogP contribution in [0.1, 0.15) is 45.1 Å². The molecule has 132 valence electrons. The third-order valence-electron chi connectivity index (χ3n) is 4.68. The molecule has 1 aliphatic rings. The highest BCUT2D eigenvalue weighted by atomic mass is 16.5. The first-order valence-corrected chi connectivity index (χ1v) is 9.22. The maximum absolute atomic E-state index is 8.54. The first kappa shape index (κ1) is 18.8. The molecule has 1 saturated heterocycles. The number of ether oxygens (including phenoxy) is 1. The molecule has 4 heteroatoms. The molecule has 2 atom stereocenters. The number of likely N-dealkylation sites (tertiary alicyclic amines) is 1. The van der Waals surface area contributed by atoms with E-state index in [1.807, 2.05) is 12.1 Å². The summed E-state index contributed by atoms with van der Waals surface area (Å²) < 4.78 is 5.70. The molecule has 0 amide bonds. The van der Waals surface area contributed by atoms with E-state index in [1.165, 1.54) is 31.5 Å². The number of piperidine rings is 1. The number of unbranched alkanes of at least 4 members (excludes halogenated alkanes) is 1. The van der Waals surface area contributed by atoms with Gasteiger partial charge in [-0.25, -0.2) is 0 Å². The summed E-state index contributed by atoms with van der Waals surface area (Å²) in [6, 6.07) is 11.0. The molecule has 0 bridgehead atoms. The van der Waals surface area contributed by atoms with Gasteiger partial charge in [-0.1, -0.05) is 19.1 Å². The van der Waals surface area contributed by atoms with Gasteiger partial charge in [0.2, 0.25) is 0 Å². The van der Waals surface area contributed by atoms with E-state index in [0.717, 1.165) is 31.2 Å². The lowest BCUT2D eigenvalue weighted by molar-refractivity contribution is 0.136. The number of rotatable bonds is 9. The number of hydrogen-bond acceptors (Lipinski definition) is 4. The Morgan fingerprint density at radius 2 is 2.33 bits per heavy atom. The van der Waals surface area contributed by atoms with E-state index in [9.17, 15) is 0 Å². The van der Waals surface area contributed by atoms with Crippen LogP contribution >= 0.6 is 0 Å². The van der Waals surface area contributed by atoms with Gasteiger partial charge in [-0.05, 0) is 56.3 Å². The summed E-state index contributed by atoms with van der Waals surface area (Å²) in [5.74, 6) is 1.72. The van der Waals surface area contributed by atoms with Gasteiger partial charge in [0.05, 0.1) is 12.7 Å². The molecule has 0 radical (unpaired) electrons. The molecule has 1 fully saturated rings. The Bertz CT molecular complexity index is 526. The van der Waals surface area contributed by atoms with Crippen LogP contribution in [0.25, 0.3) is 0 Å². The van der Waals surface area contributed by atoms with Crippen LogP contribution in [-0.4, -0.2) is 37.2 Å². The van der Waals surface area contributed by atoms with Gasteiger partial charge in [-0.2, -0.15) is 5.26 Å². The van der Waals surface area contributed by atoms with E-state index in [4.69, 9.17) is 10.00 Å². The summed E-state index contributed by atoms with van der Waals surface area (Å²) in [4.78, 5) is 2.61. The fourth-order valence-electron chi connectivity index (χ4n) is 3.27. The highest BCUT2D eigenvalue weighted by Gasteiger charge is 2.20. The van der Waals surface area contributed by atoms with Gasteiger partial charge >= 0.3 is 0 Å². The Balaban J connectivity index is 1.70. The average molecular weight is 329 g/mol.